The lowest BCUT2D eigenvalue weighted by Crippen LogP contribution is -2.11. The van der Waals surface area contributed by atoms with E-state index < -0.39 is 10.1 Å². The van der Waals surface area contributed by atoms with Gasteiger partial charge in [-0.05, 0) is 12.8 Å². The van der Waals surface area contributed by atoms with Gasteiger partial charge in [-0.25, -0.2) is 0 Å². The molecule has 0 saturated heterocycles. The van der Waals surface area contributed by atoms with Crippen LogP contribution in [0.25, 0.3) is 0 Å². The third-order valence-corrected chi connectivity index (χ3v) is 7.49. The first-order chi connectivity index (χ1) is 16.5. The minimum Gasteiger partial charge on any atom is -0.327 e. The Balaban J connectivity index is 0. The van der Waals surface area contributed by atoms with E-state index >= 15 is 0 Å². The largest absolute Gasteiger partial charge is 0.327 e. The second kappa shape index (κ2) is 30.6. The van der Waals surface area contributed by atoms with Gasteiger partial charge in [0.15, 0.2) is 0 Å². The predicted octanol–water partition coefficient (Wildman–Crippen LogP) is 9.09. The fourth-order valence-corrected chi connectivity index (χ4v) is 5.00. The lowest BCUT2D eigenvalue weighted by atomic mass is 10.0. The summed E-state index contributed by atoms with van der Waals surface area (Å²) in [5, 5.41) is 0. The topological polar surface area (TPSA) is 69.4 Å². The van der Waals surface area contributed by atoms with Crippen LogP contribution in [0.15, 0.2) is 12.7 Å². The molecule has 0 aliphatic heterocycles. The lowest BCUT2D eigenvalue weighted by molar-refractivity contribution is 0.305. The maximum absolute atomic E-state index is 11.9. The average Bonchev–Trinajstić information content (AvgIpc) is 2.83. The maximum Gasteiger partial charge on any atom is 0.267 e. The smallest absolute Gasteiger partial charge is 0.267 e. The van der Waals surface area contributed by atoms with Crippen molar-refractivity contribution in [3.63, 3.8) is 0 Å². The van der Waals surface area contributed by atoms with E-state index in [9.17, 15) is 8.42 Å². The van der Waals surface area contributed by atoms with Gasteiger partial charge in [-0.1, -0.05) is 148 Å². The van der Waals surface area contributed by atoms with Crippen LogP contribution in [-0.4, -0.2) is 27.3 Å². The number of unbranched alkanes of at least 4 members (excludes halogenated alkanes) is 20. The van der Waals surface area contributed by atoms with Gasteiger partial charge in [0.25, 0.3) is 10.1 Å². The van der Waals surface area contributed by atoms with Crippen LogP contribution >= 0.6 is 0 Å². The van der Waals surface area contributed by atoms with Crippen LogP contribution in [0.4, 0.5) is 0 Å². The van der Waals surface area contributed by atoms with E-state index in [0.717, 1.165) is 32.1 Å². The van der Waals surface area contributed by atoms with Crippen molar-refractivity contribution in [1.29, 1.82) is 0 Å². The molecular formula is C29H61NO3S. The second-order valence-electron chi connectivity index (χ2n) is 9.68. The number of nitrogens with two attached hydrogens (primary N) is 1. The van der Waals surface area contributed by atoms with Gasteiger partial charge in [-0.3, -0.25) is 4.18 Å². The van der Waals surface area contributed by atoms with Crippen molar-refractivity contribution in [1.82, 2.24) is 0 Å². The quantitative estimate of drug-likeness (QED) is 0.0725. The van der Waals surface area contributed by atoms with E-state index in [4.69, 9.17) is 9.92 Å². The Morgan fingerprint density at radius 2 is 0.882 bits per heavy atom. The third kappa shape index (κ3) is 33.8. The van der Waals surface area contributed by atoms with Crippen molar-refractivity contribution >= 4 is 10.1 Å². The summed E-state index contributed by atoms with van der Waals surface area (Å²) in [5.41, 5.74) is 4.91. The average molecular weight is 504 g/mol. The minimum atomic E-state index is -3.30. The highest BCUT2D eigenvalue weighted by atomic mass is 32.2. The number of hydrogen-bond acceptors (Lipinski definition) is 4. The van der Waals surface area contributed by atoms with Crippen LogP contribution in [0, 0.1) is 0 Å². The first-order valence-electron chi connectivity index (χ1n) is 14.7. The van der Waals surface area contributed by atoms with Gasteiger partial charge in [0.05, 0.1) is 12.4 Å². The number of hydrogen-bond donors (Lipinski definition) is 1. The summed E-state index contributed by atoms with van der Waals surface area (Å²) in [6, 6.07) is 0. The maximum atomic E-state index is 11.9. The van der Waals surface area contributed by atoms with Crippen molar-refractivity contribution in [3.05, 3.63) is 12.7 Å². The van der Waals surface area contributed by atoms with Crippen molar-refractivity contribution in [2.75, 3.05) is 18.9 Å². The molecule has 0 aliphatic carbocycles. The van der Waals surface area contributed by atoms with Gasteiger partial charge in [0.2, 0.25) is 0 Å². The van der Waals surface area contributed by atoms with Crippen LogP contribution in [0.3, 0.4) is 0 Å². The molecule has 0 aromatic carbocycles. The molecule has 0 atom stereocenters. The van der Waals surface area contributed by atoms with Crippen molar-refractivity contribution in [2.24, 2.45) is 5.73 Å². The second-order valence-corrected chi connectivity index (χ2v) is 11.4. The minimum absolute atomic E-state index is 0.195. The van der Waals surface area contributed by atoms with Crippen molar-refractivity contribution in [2.45, 2.75) is 155 Å². The Kier molecular flexibility index (Phi) is 32.2. The highest BCUT2D eigenvalue weighted by molar-refractivity contribution is 7.86. The molecule has 0 aromatic heterocycles. The molecular weight excluding hydrogens is 442 g/mol. The first kappa shape index (κ1) is 35.8. The zero-order chi connectivity index (χ0) is 25.6. The Morgan fingerprint density at radius 1 is 0.588 bits per heavy atom. The van der Waals surface area contributed by atoms with E-state index in [1.54, 1.807) is 6.08 Å². The Bertz CT molecular complexity index is 480. The summed E-state index contributed by atoms with van der Waals surface area (Å²) in [7, 11) is -3.30. The van der Waals surface area contributed by atoms with E-state index in [1.165, 1.54) is 109 Å². The van der Waals surface area contributed by atoms with Crippen molar-refractivity contribution < 1.29 is 12.6 Å². The third-order valence-electron chi connectivity index (χ3n) is 6.18. The Hall–Kier alpha value is -0.390. The van der Waals surface area contributed by atoms with Crippen LogP contribution in [0.2, 0.25) is 0 Å². The van der Waals surface area contributed by atoms with Crippen molar-refractivity contribution in [3.8, 4) is 0 Å². The normalized spacial score (nSPS) is 11.3. The standard InChI is InChI=1S/C26H54O3S.C3H7N/c1-3-5-7-9-11-13-14-15-16-17-18-19-21-23-25-29-30(27,28)26-24-22-20-12-10-8-6-4-2;1-2-3-4/h3-26H2,1-2H3;2H,1,3-4H2. The molecule has 0 bridgehead atoms. The zero-order valence-electron chi connectivity index (χ0n) is 23.2. The van der Waals surface area contributed by atoms with Gasteiger partial charge in [-0.15, -0.1) is 6.58 Å². The summed E-state index contributed by atoms with van der Waals surface area (Å²) >= 11 is 0. The molecule has 0 spiro atoms. The molecule has 5 heteroatoms. The van der Waals surface area contributed by atoms with Gasteiger partial charge in [-0.2, -0.15) is 8.42 Å². The predicted molar refractivity (Wildman–Crippen MR) is 152 cm³/mol. The highest BCUT2D eigenvalue weighted by Crippen LogP contribution is 2.13. The fraction of sp³-hybridized carbons (Fsp3) is 0.931. The van der Waals surface area contributed by atoms with Crippen LogP contribution in [0.1, 0.15) is 155 Å². The molecule has 0 saturated carbocycles. The molecule has 0 unspecified atom stereocenters. The van der Waals surface area contributed by atoms with Gasteiger partial charge >= 0.3 is 0 Å². The van der Waals surface area contributed by atoms with Gasteiger partial charge in [0, 0.05) is 6.54 Å². The molecule has 0 amide bonds. The van der Waals surface area contributed by atoms with Crippen LogP contribution in [0.5, 0.6) is 0 Å². The number of rotatable bonds is 26. The molecule has 0 aromatic rings. The van der Waals surface area contributed by atoms with Crippen LogP contribution < -0.4 is 5.73 Å². The van der Waals surface area contributed by atoms with E-state index in [-0.39, 0.29) is 5.75 Å². The zero-order valence-corrected chi connectivity index (χ0v) is 24.0. The summed E-state index contributed by atoms with van der Waals surface area (Å²) in [6.07, 6.45) is 29.3. The van der Waals surface area contributed by atoms with Gasteiger partial charge in [0.1, 0.15) is 0 Å². The molecule has 0 aliphatic rings. The first-order valence-corrected chi connectivity index (χ1v) is 16.3. The molecule has 4 nitrogen and oxygen atoms in total. The molecule has 0 rings (SSSR count). The summed E-state index contributed by atoms with van der Waals surface area (Å²) in [6.45, 7) is 8.81. The molecule has 34 heavy (non-hydrogen) atoms. The molecule has 0 heterocycles. The monoisotopic (exact) mass is 503 g/mol. The molecule has 206 valence electrons. The van der Waals surface area contributed by atoms with E-state index in [2.05, 4.69) is 20.4 Å². The summed E-state index contributed by atoms with van der Waals surface area (Å²) < 4.78 is 29.0. The highest BCUT2D eigenvalue weighted by Gasteiger charge is 2.10. The lowest BCUT2D eigenvalue weighted by Gasteiger charge is -2.06. The summed E-state index contributed by atoms with van der Waals surface area (Å²) in [4.78, 5) is 0. The fourth-order valence-electron chi connectivity index (χ4n) is 3.95. The Labute approximate surface area is 215 Å². The molecule has 2 N–H and O–H groups in total. The van der Waals surface area contributed by atoms with E-state index in [0.29, 0.717) is 13.2 Å². The van der Waals surface area contributed by atoms with E-state index in [1.807, 2.05) is 0 Å². The SMILES string of the molecule is C=CCN.CCCCCCCCCCCCCCCCOS(=O)(=O)CCCCCCCCCC. The summed E-state index contributed by atoms with van der Waals surface area (Å²) in [5.74, 6) is 0.195. The molecule has 0 radical (unpaired) electrons. The van der Waals surface area contributed by atoms with Gasteiger partial charge < -0.3 is 5.73 Å². The van der Waals surface area contributed by atoms with Crippen LogP contribution in [-0.2, 0) is 14.3 Å². The Morgan fingerprint density at radius 3 is 1.21 bits per heavy atom. The molecule has 0 fully saturated rings.